The van der Waals surface area contributed by atoms with Gasteiger partial charge >= 0.3 is 0 Å². The lowest BCUT2D eigenvalue weighted by atomic mass is 10.3. The minimum atomic E-state index is 0.677. The molecule has 0 atom stereocenters. The van der Waals surface area contributed by atoms with Crippen LogP contribution in [0.5, 0.6) is 5.75 Å². The van der Waals surface area contributed by atoms with Crippen LogP contribution in [0.25, 0.3) is 5.69 Å². The number of benzene rings is 1. The number of nitrogens with zero attached hydrogens (tertiary/aromatic N) is 2. The van der Waals surface area contributed by atoms with Crippen LogP contribution in [0, 0.1) is 0 Å². The van der Waals surface area contributed by atoms with Gasteiger partial charge in [-0.05, 0) is 31.2 Å². The molecule has 0 unspecified atom stereocenters. The third kappa shape index (κ3) is 2.71. The molecule has 0 fully saturated rings. The van der Waals surface area contributed by atoms with Crippen LogP contribution in [0.15, 0.2) is 49.3 Å². The summed E-state index contributed by atoms with van der Waals surface area (Å²) in [6, 6.07) is 7.92. The number of hydrogen-bond acceptors (Lipinski definition) is 3. The van der Waals surface area contributed by atoms with Crippen LogP contribution in [0.3, 0.4) is 0 Å². The molecule has 0 saturated heterocycles. The maximum Gasteiger partial charge on any atom is 0.207 e. The highest BCUT2D eigenvalue weighted by molar-refractivity contribution is 5.44. The van der Waals surface area contributed by atoms with E-state index in [2.05, 4.69) is 16.9 Å². The van der Waals surface area contributed by atoms with Crippen LogP contribution in [0.1, 0.15) is 6.92 Å². The minimum absolute atomic E-state index is 0.677. The largest absolute Gasteiger partial charge is 0.494 e. The summed E-state index contributed by atoms with van der Waals surface area (Å²) < 4.78 is 7.40. The van der Waals surface area contributed by atoms with Crippen molar-refractivity contribution in [2.75, 3.05) is 18.5 Å². The van der Waals surface area contributed by atoms with Crippen LogP contribution in [0.2, 0.25) is 0 Å². The van der Waals surface area contributed by atoms with Gasteiger partial charge in [0.2, 0.25) is 5.95 Å². The lowest BCUT2D eigenvalue weighted by Gasteiger charge is -2.09. The van der Waals surface area contributed by atoms with Gasteiger partial charge in [-0.3, -0.25) is 4.57 Å². The normalized spacial score (nSPS) is 10.1. The van der Waals surface area contributed by atoms with Gasteiger partial charge in [0.25, 0.3) is 0 Å². The summed E-state index contributed by atoms with van der Waals surface area (Å²) in [7, 11) is 0. The van der Waals surface area contributed by atoms with Crippen LogP contribution in [-0.2, 0) is 0 Å². The number of hydrogen-bond donors (Lipinski definition) is 1. The Morgan fingerprint density at radius 3 is 2.83 bits per heavy atom. The summed E-state index contributed by atoms with van der Waals surface area (Å²) in [6.45, 7) is 7.02. The van der Waals surface area contributed by atoms with Crippen molar-refractivity contribution in [1.29, 1.82) is 0 Å². The average molecular weight is 243 g/mol. The Labute approximate surface area is 107 Å². The first kappa shape index (κ1) is 12.2. The zero-order valence-corrected chi connectivity index (χ0v) is 10.5. The first-order chi connectivity index (χ1) is 8.85. The fourth-order valence-corrected chi connectivity index (χ4v) is 1.68. The molecule has 0 aliphatic heterocycles. The standard InChI is InChI=1S/C14H17N3O/c1-3-9-15-14-16-10-11-17(14)12-5-7-13(8-6-12)18-4-2/h3,5-8,10-11H,1,4,9H2,2H3,(H,15,16). The van der Waals surface area contributed by atoms with Gasteiger partial charge in [-0.2, -0.15) is 0 Å². The average Bonchev–Trinajstić information content (AvgIpc) is 2.86. The summed E-state index contributed by atoms with van der Waals surface area (Å²) in [5, 5.41) is 3.18. The summed E-state index contributed by atoms with van der Waals surface area (Å²) in [5.41, 5.74) is 1.04. The van der Waals surface area contributed by atoms with E-state index in [9.17, 15) is 0 Å². The number of ether oxygens (including phenoxy) is 1. The van der Waals surface area contributed by atoms with E-state index in [0.717, 1.165) is 17.4 Å². The second-order valence-corrected chi connectivity index (χ2v) is 3.72. The Morgan fingerprint density at radius 1 is 1.39 bits per heavy atom. The van der Waals surface area contributed by atoms with Gasteiger partial charge < -0.3 is 10.1 Å². The highest BCUT2D eigenvalue weighted by Crippen LogP contribution is 2.18. The lowest BCUT2D eigenvalue weighted by Crippen LogP contribution is -2.05. The molecule has 94 valence electrons. The Balaban J connectivity index is 2.20. The Bertz CT molecular complexity index is 502. The molecule has 0 saturated carbocycles. The Kier molecular flexibility index (Phi) is 4.02. The molecule has 2 rings (SSSR count). The van der Waals surface area contributed by atoms with Crippen molar-refractivity contribution in [2.45, 2.75) is 6.92 Å². The van der Waals surface area contributed by atoms with E-state index in [4.69, 9.17) is 4.74 Å². The van der Waals surface area contributed by atoms with Crippen molar-refractivity contribution in [1.82, 2.24) is 9.55 Å². The smallest absolute Gasteiger partial charge is 0.207 e. The quantitative estimate of drug-likeness (QED) is 0.793. The Hall–Kier alpha value is -2.23. The van der Waals surface area contributed by atoms with Gasteiger partial charge in [0.1, 0.15) is 5.75 Å². The molecule has 4 nitrogen and oxygen atoms in total. The van der Waals surface area contributed by atoms with Crippen molar-refractivity contribution in [3.8, 4) is 11.4 Å². The monoisotopic (exact) mass is 243 g/mol. The van der Waals surface area contributed by atoms with E-state index in [1.165, 1.54) is 0 Å². The molecule has 4 heteroatoms. The number of anilines is 1. The fourth-order valence-electron chi connectivity index (χ4n) is 1.68. The molecule has 2 aromatic rings. The number of rotatable bonds is 6. The predicted molar refractivity (Wildman–Crippen MR) is 73.4 cm³/mol. The molecular weight excluding hydrogens is 226 g/mol. The molecule has 0 bridgehead atoms. The molecule has 0 aliphatic rings. The molecule has 0 amide bonds. The van der Waals surface area contributed by atoms with Gasteiger partial charge in [-0.25, -0.2) is 4.98 Å². The van der Waals surface area contributed by atoms with Gasteiger partial charge in [-0.1, -0.05) is 6.08 Å². The summed E-state index contributed by atoms with van der Waals surface area (Å²) in [5.74, 6) is 1.68. The van der Waals surface area contributed by atoms with Crippen molar-refractivity contribution in [3.63, 3.8) is 0 Å². The molecule has 1 N–H and O–H groups in total. The van der Waals surface area contributed by atoms with Crippen LogP contribution in [0.4, 0.5) is 5.95 Å². The second kappa shape index (κ2) is 5.91. The lowest BCUT2D eigenvalue weighted by molar-refractivity contribution is 0.340. The van der Waals surface area contributed by atoms with Gasteiger partial charge in [0.05, 0.1) is 6.61 Å². The van der Waals surface area contributed by atoms with Crippen molar-refractivity contribution in [3.05, 3.63) is 49.3 Å². The van der Waals surface area contributed by atoms with E-state index < -0.39 is 0 Å². The minimum Gasteiger partial charge on any atom is -0.494 e. The number of aromatic nitrogens is 2. The Morgan fingerprint density at radius 2 is 2.17 bits per heavy atom. The van der Waals surface area contributed by atoms with Crippen molar-refractivity contribution < 1.29 is 4.74 Å². The molecule has 1 heterocycles. The van der Waals surface area contributed by atoms with E-state index in [1.54, 1.807) is 12.3 Å². The van der Waals surface area contributed by atoms with Gasteiger partial charge in [0, 0.05) is 24.6 Å². The zero-order valence-electron chi connectivity index (χ0n) is 10.5. The molecule has 0 spiro atoms. The first-order valence-corrected chi connectivity index (χ1v) is 5.96. The first-order valence-electron chi connectivity index (χ1n) is 5.96. The number of nitrogens with one attached hydrogen (secondary N) is 1. The SMILES string of the molecule is C=CCNc1nccn1-c1ccc(OCC)cc1. The molecular formula is C14H17N3O. The van der Waals surface area contributed by atoms with Crippen LogP contribution in [-0.4, -0.2) is 22.7 Å². The summed E-state index contributed by atoms with van der Waals surface area (Å²) in [4.78, 5) is 4.26. The zero-order chi connectivity index (χ0) is 12.8. The van der Waals surface area contributed by atoms with Crippen LogP contribution >= 0.6 is 0 Å². The summed E-state index contributed by atoms with van der Waals surface area (Å²) in [6.07, 6.45) is 5.49. The fraction of sp³-hybridized carbons (Fsp3) is 0.214. The predicted octanol–water partition coefficient (Wildman–Crippen LogP) is 2.87. The van der Waals surface area contributed by atoms with Crippen molar-refractivity contribution >= 4 is 5.95 Å². The van der Waals surface area contributed by atoms with Crippen molar-refractivity contribution in [2.24, 2.45) is 0 Å². The van der Waals surface area contributed by atoms with E-state index >= 15 is 0 Å². The molecule has 1 aromatic heterocycles. The van der Waals surface area contributed by atoms with Crippen LogP contribution < -0.4 is 10.1 Å². The highest BCUT2D eigenvalue weighted by Gasteiger charge is 2.03. The van der Waals surface area contributed by atoms with Gasteiger partial charge in [-0.15, -0.1) is 6.58 Å². The molecule has 0 aliphatic carbocycles. The maximum absolute atomic E-state index is 5.42. The van der Waals surface area contributed by atoms with E-state index in [0.29, 0.717) is 13.2 Å². The molecule has 18 heavy (non-hydrogen) atoms. The third-order valence-electron chi connectivity index (χ3n) is 2.47. The highest BCUT2D eigenvalue weighted by atomic mass is 16.5. The van der Waals surface area contributed by atoms with Gasteiger partial charge in [0.15, 0.2) is 0 Å². The summed E-state index contributed by atoms with van der Waals surface area (Å²) >= 11 is 0. The maximum atomic E-state index is 5.42. The molecule has 0 radical (unpaired) electrons. The number of imidazole rings is 1. The van der Waals surface area contributed by atoms with E-state index in [1.807, 2.05) is 42.0 Å². The van der Waals surface area contributed by atoms with E-state index in [-0.39, 0.29) is 0 Å². The topological polar surface area (TPSA) is 39.1 Å². The third-order valence-corrected chi connectivity index (χ3v) is 2.47. The molecule has 1 aromatic carbocycles. The second-order valence-electron chi connectivity index (χ2n) is 3.72.